The molecule has 0 bridgehead atoms. The fourth-order valence-electron chi connectivity index (χ4n) is 3.32. The van der Waals surface area contributed by atoms with Crippen molar-refractivity contribution in [3.63, 3.8) is 0 Å². The number of carbonyl (C=O) groups is 1. The lowest BCUT2D eigenvalue weighted by Gasteiger charge is -2.14. The van der Waals surface area contributed by atoms with Crippen LogP contribution in [-0.4, -0.2) is 22.2 Å². The molecule has 4 rings (SSSR count). The number of anilines is 1. The van der Waals surface area contributed by atoms with Crippen LogP contribution in [0.3, 0.4) is 0 Å². The van der Waals surface area contributed by atoms with E-state index in [1.807, 2.05) is 18.2 Å². The molecule has 3 aromatic rings. The molecule has 0 saturated heterocycles. The van der Waals surface area contributed by atoms with Crippen molar-refractivity contribution >= 4 is 22.4 Å². The molecule has 1 amide bonds. The number of H-pyrrole nitrogens is 1. The van der Waals surface area contributed by atoms with Crippen LogP contribution >= 0.6 is 0 Å². The second-order valence-corrected chi connectivity index (χ2v) is 6.45. The van der Waals surface area contributed by atoms with Crippen molar-refractivity contribution in [1.29, 1.82) is 0 Å². The molecule has 6 heteroatoms. The number of fused-ring (bicyclic) bond motifs is 1. The Kier molecular flexibility index (Phi) is 4.39. The summed E-state index contributed by atoms with van der Waals surface area (Å²) in [5.74, 6) is 0.365. The molecular weight excluding hydrogens is 330 g/mol. The van der Waals surface area contributed by atoms with Crippen molar-refractivity contribution in [2.75, 3.05) is 5.32 Å². The molecule has 2 aromatic carbocycles. The fraction of sp³-hybridized carbons (Fsp3) is 0.250. The Morgan fingerprint density at radius 1 is 1.08 bits per heavy atom. The molecule has 2 N–H and O–H groups in total. The first kappa shape index (κ1) is 16.3. The van der Waals surface area contributed by atoms with Crippen LogP contribution in [-0.2, 0) is 0 Å². The predicted octanol–water partition coefficient (Wildman–Crippen LogP) is 3.50. The first-order valence-corrected chi connectivity index (χ1v) is 8.76. The van der Waals surface area contributed by atoms with Crippen LogP contribution in [0.4, 0.5) is 5.69 Å². The predicted molar refractivity (Wildman–Crippen MR) is 99.6 cm³/mol. The Morgan fingerprint density at radius 2 is 1.85 bits per heavy atom. The van der Waals surface area contributed by atoms with Crippen molar-refractivity contribution in [3.8, 4) is 5.75 Å². The van der Waals surface area contributed by atoms with Gasteiger partial charge in [-0.15, -0.1) is 0 Å². The topological polar surface area (TPSA) is 84.1 Å². The summed E-state index contributed by atoms with van der Waals surface area (Å²) < 4.78 is 5.97. The van der Waals surface area contributed by atoms with Gasteiger partial charge < -0.3 is 10.1 Å². The van der Waals surface area contributed by atoms with E-state index < -0.39 is 0 Å². The van der Waals surface area contributed by atoms with Gasteiger partial charge in [-0.05, 0) is 43.9 Å². The largest absolute Gasteiger partial charge is 0.490 e. The highest BCUT2D eigenvalue weighted by Crippen LogP contribution is 2.26. The number of rotatable bonds is 4. The zero-order valence-electron chi connectivity index (χ0n) is 14.2. The Hall–Kier alpha value is -3.15. The smallest absolute Gasteiger partial charge is 0.276 e. The van der Waals surface area contributed by atoms with Gasteiger partial charge in [0, 0.05) is 17.1 Å². The van der Waals surface area contributed by atoms with Crippen LogP contribution in [0.25, 0.3) is 10.8 Å². The molecule has 1 heterocycles. The number of aromatic nitrogens is 2. The normalized spacial score (nSPS) is 14.5. The number of hydrogen-bond acceptors (Lipinski definition) is 4. The minimum absolute atomic E-state index is 0.183. The van der Waals surface area contributed by atoms with Crippen LogP contribution in [0, 0.1) is 0 Å². The third-order valence-electron chi connectivity index (χ3n) is 4.61. The van der Waals surface area contributed by atoms with Gasteiger partial charge in [0.05, 0.1) is 11.5 Å². The number of ether oxygens (including phenoxy) is 1. The molecule has 26 heavy (non-hydrogen) atoms. The van der Waals surface area contributed by atoms with Gasteiger partial charge in [0.25, 0.3) is 11.5 Å². The third kappa shape index (κ3) is 3.31. The van der Waals surface area contributed by atoms with Crippen LogP contribution in [0.15, 0.2) is 53.3 Å². The number of benzene rings is 2. The van der Waals surface area contributed by atoms with Crippen LogP contribution in [0.5, 0.6) is 5.75 Å². The number of hydrogen-bond donors (Lipinski definition) is 2. The van der Waals surface area contributed by atoms with E-state index in [9.17, 15) is 9.59 Å². The van der Waals surface area contributed by atoms with Gasteiger partial charge in [0.1, 0.15) is 5.75 Å². The second-order valence-electron chi connectivity index (χ2n) is 6.45. The molecule has 0 spiro atoms. The summed E-state index contributed by atoms with van der Waals surface area (Å²) in [5.41, 5.74) is 0.494. The van der Waals surface area contributed by atoms with E-state index >= 15 is 0 Å². The molecule has 1 saturated carbocycles. The lowest BCUT2D eigenvalue weighted by atomic mass is 10.1. The van der Waals surface area contributed by atoms with E-state index in [1.165, 1.54) is 12.8 Å². The highest BCUT2D eigenvalue weighted by atomic mass is 16.5. The molecule has 132 valence electrons. The Bertz CT molecular complexity index is 1010. The van der Waals surface area contributed by atoms with E-state index in [1.54, 1.807) is 30.3 Å². The quantitative estimate of drug-likeness (QED) is 0.755. The fourth-order valence-corrected chi connectivity index (χ4v) is 3.32. The van der Waals surface area contributed by atoms with Gasteiger partial charge in [-0.25, -0.2) is 5.10 Å². The summed E-state index contributed by atoms with van der Waals surface area (Å²) >= 11 is 0. The third-order valence-corrected chi connectivity index (χ3v) is 4.61. The van der Waals surface area contributed by atoms with Crippen molar-refractivity contribution in [1.82, 2.24) is 10.2 Å². The summed E-state index contributed by atoms with van der Waals surface area (Å²) in [6, 6.07) is 14.3. The molecule has 6 nitrogen and oxygen atoms in total. The lowest BCUT2D eigenvalue weighted by molar-refractivity contribution is 0.102. The zero-order chi connectivity index (χ0) is 17.9. The maximum Gasteiger partial charge on any atom is 0.276 e. The van der Waals surface area contributed by atoms with E-state index in [0.717, 1.165) is 18.6 Å². The van der Waals surface area contributed by atoms with Crippen molar-refractivity contribution in [3.05, 3.63) is 64.6 Å². The monoisotopic (exact) mass is 349 g/mol. The summed E-state index contributed by atoms with van der Waals surface area (Å²) in [6.45, 7) is 0. The van der Waals surface area contributed by atoms with Gasteiger partial charge in [-0.2, -0.15) is 5.10 Å². The maximum atomic E-state index is 12.7. The minimum Gasteiger partial charge on any atom is -0.490 e. The number of nitrogens with zero attached hydrogens (tertiary/aromatic N) is 1. The van der Waals surface area contributed by atoms with Gasteiger partial charge in [-0.1, -0.05) is 24.3 Å². The highest BCUT2D eigenvalue weighted by molar-refractivity contribution is 6.11. The molecule has 0 atom stereocenters. The molecule has 0 aliphatic heterocycles. The molecule has 1 fully saturated rings. The molecule has 1 aliphatic carbocycles. The Morgan fingerprint density at radius 3 is 2.65 bits per heavy atom. The molecule has 1 aliphatic rings. The molecule has 1 aromatic heterocycles. The average Bonchev–Trinajstić information content (AvgIpc) is 3.15. The van der Waals surface area contributed by atoms with Crippen molar-refractivity contribution in [2.45, 2.75) is 31.8 Å². The van der Waals surface area contributed by atoms with Gasteiger partial charge in [0.2, 0.25) is 0 Å². The van der Waals surface area contributed by atoms with Crippen molar-refractivity contribution < 1.29 is 9.53 Å². The number of amides is 1. The first-order chi connectivity index (χ1) is 12.7. The summed E-state index contributed by atoms with van der Waals surface area (Å²) in [5, 5.41) is 10.1. The minimum atomic E-state index is -0.379. The lowest BCUT2D eigenvalue weighted by Crippen LogP contribution is -2.19. The summed E-state index contributed by atoms with van der Waals surface area (Å²) in [6.07, 6.45) is 4.80. The van der Waals surface area contributed by atoms with Gasteiger partial charge in [0.15, 0.2) is 5.69 Å². The molecule has 0 unspecified atom stereocenters. The second kappa shape index (κ2) is 7.00. The van der Waals surface area contributed by atoms with Gasteiger partial charge in [-0.3, -0.25) is 9.59 Å². The molecule has 0 radical (unpaired) electrons. The van der Waals surface area contributed by atoms with E-state index in [4.69, 9.17) is 4.74 Å². The zero-order valence-corrected chi connectivity index (χ0v) is 14.2. The Balaban J connectivity index is 1.57. The summed E-state index contributed by atoms with van der Waals surface area (Å²) in [4.78, 5) is 24.5. The highest BCUT2D eigenvalue weighted by Gasteiger charge is 2.17. The van der Waals surface area contributed by atoms with Crippen LogP contribution in [0.2, 0.25) is 0 Å². The van der Waals surface area contributed by atoms with Crippen LogP contribution < -0.4 is 15.6 Å². The summed E-state index contributed by atoms with van der Waals surface area (Å²) in [7, 11) is 0. The standard InChI is InChI=1S/C20H19N3O3/c24-19-17-11-4-3-10-16(17)18(22-23-19)20(25)21-13-6-5-9-15(12-13)26-14-7-1-2-8-14/h3-6,9-12,14H,1-2,7-8H2,(H,21,25)(H,23,24). The SMILES string of the molecule is O=C(Nc1cccc(OC2CCCC2)c1)c1n[nH]c(=O)c2ccccc12. The van der Waals surface area contributed by atoms with Crippen LogP contribution in [0.1, 0.15) is 36.2 Å². The average molecular weight is 349 g/mol. The number of aromatic amines is 1. The number of nitrogens with one attached hydrogen (secondary N) is 2. The van der Waals surface area contributed by atoms with Crippen molar-refractivity contribution in [2.24, 2.45) is 0 Å². The molecular formula is C20H19N3O3. The first-order valence-electron chi connectivity index (χ1n) is 8.76. The van der Waals surface area contributed by atoms with E-state index in [2.05, 4.69) is 15.5 Å². The number of carbonyl (C=O) groups excluding carboxylic acids is 1. The van der Waals surface area contributed by atoms with E-state index in [0.29, 0.717) is 16.5 Å². The van der Waals surface area contributed by atoms with Gasteiger partial charge >= 0.3 is 0 Å². The van der Waals surface area contributed by atoms with E-state index in [-0.39, 0.29) is 23.3 Å². The Labute approximate surface area is 150 Å². The maximum absolute atomic E-state index is 12.7.